The number of hydrogen-bond acceptors (Lipinski definition) is 3. The van der Waals surface area contributed by atoms with Crippen molar-refractivity contribution in [1.82, 2.24) is 20.1 Å². The number of benzene rings is 1. The summed E-state index contributed by atoms with van der Waals surface area (Å²) in [5.41, 5.74) is 4.57. The van der Waals surface area contributed by atoms with E-state index < -0.39 is 0 Å². The van der Waals surface area contributed by atoms with E-state index in [2.05, 4.69) is 27.5 Å². The molecule has 0 bridgehead atoms. The first-order chi connectivity index (χ1) is 11.7. The molecule has 6 nitrogen and oxygen atoms in total. The van der Waals surface area contributed by atoms with Gasteiger partial charge in [0.15, 0.2) is 0 Å². The zero-order chi connectivity index (χ0) is 16.5. The van der Waals surface area contributed by atoms with Crippen LogP contribution in [0.3, 0.4) is 0 Å². The van der Waals surface area contributed by atoms with Crippen LogP contribution >= 0.6 is 0 Å². The topological polar surface area (TPSA) is 75.8 Å². The number of carbonyl (C=O) groups is 1. The molecule has 24 heavy (non-hydrogen) atoms. The number of nitrogens with zero attached hydrogens (tertiary/aromatic N) is 2. The van der Waals surface area contributed by atoms with Gasteiger partial charge >= 0.3 is 0 Å². The maximum Gasteiger partial charge on any atom is 0.254 e. The quantitative estimate of drug-likeness (QED) is 0.606. The number of furan rings is 1. The van der Waals surface area contributed by atoms with Crippen LogP contribution in [0.1, 0.15) is 21.6 Å². The van der Waals surface area contributed by atoms with E-state index in [-0.39, 0.29) is 5.91 Å². The van der Waals surface area contributed by atoms with Gasteiger partial charge in [0.1, 0.15) is 12.0 Å². The minimum Gasteiger partial charge on any atom is -0.470 e. The number of nitrogens with one attached hydrogen (secondary N) is 2. The lowest BCUT2D eigenvalue weighted by atomic mass is 10.1. The Morgan fingerprint density at radius 1 is 1.33 bits per heavy atom. The van der Waals surface area contributed by atoms with Crippen molar-refractivity contribution in [3.05, 3.63) is 72.1 Å². The number of rotatable bonds is 4. The highest BCUT2D eigenvalue weighted by Gasteiger charge is 2.10. The van der Waals surface area contributed by atoms with Crippen molar-refractivity contribution in [2.45, 2.75) is 13.5 Å². The van der Waals surface area contributed by atoms with Crippen LogP contribution in [-0.2, 0) is 6.54 Å². The normalized spacial score (nSPS) is 11.0. The Balaban J connectivity index is 1.45. The Hall–Kier alpha value is -3.28. The molecule has 0 atom stereocenters. The summed E-state index contributed by atoms with van der Waals surface area (Å²) < 4.78 is 6.62. The minimum absolute atomic E-state index is 0.157. The average Bonchev–Trinajstić information content (AvgIpc) is 3.30. The molecule has 4 aromatic rings. The van der Waals surface area contributed by atoms with Crippen molar-refractivity contribution in [3.63, 3.8) is 0 Å². The third-order valence-corrected chi connectivity index (χ3v) is 3.89. The SMILES string of the molecule is Cc1cc2cc(CNC(=O)c3cnn(-c4ccoc4)c3)ccc2[nH]1. The number of amides is 1. The lowest BCUT2D eigenvalue weighted by Gasteiger charge is -2.04. The summed E-state index contributed by atoms with van der Waals surface area (Å²) in [7, 11) is 0. The molecular formula is C18H16N4O2. The maximum absolute atomic E-state index is 12.3. The second-order valence-electron chi connectivity index (χ2n) is 5.71. The molecule has 120 valence electrons. The Morgan fingerprint density at radius 2 is 2.25 bits per heavy atom. The van der Waals surface area contributed by atoms with Gasteiger partial charge in [-0.15, -0.1) is 0 Å². The highest BCUT2D eigenvalue weighted by Crippen LogP contribution is 2.17. The standard InChI is InChI=1S/C18H16N4O2/c1-12-6-14-7-13(2-3-17(14)21-12)8-19-18(23)15-9-20-22(10-15)16-4-5-24-11-16/h2-7,9-11,21H,8H2,1H3,(H,19,23). The summed E-state index contributed by atoms with van der Waals surface area (Å²) in [6.45, 7) is 2.50. The van der Waals surface area contributed by atoms with Gasteiger partial charge in [0.2, 0.25) is 0 Å². The van der Waals surface area contributed by atoms with Gasteiger partial charge in [0, 0.05) is 30.0 Å². The fourth-order valence-electron chi connectivity index (χ4n) is 2.69. The van der Waals surface area contributed by atoms with Crippen molar-refractivity contribution in [3.8, 4) is 5.69 Å². The molecule has 3 aromatic heterocycles. The molecule has 0 saturated heterocycles. The fraction of sp³-hybridized carbons (Fsp3) is 0.111. The Labute approximate surface area is 138 Å². The van der Waals surface area contributed by atoms with Crippen LogP contribution in [0.25, 0.3) is 16.6 Å². The first-order valence-corrected chi connectivity index (χ1v) is 7.63. The Bertz CT molecular complexity index is 995. The zero-order valence-electron chi connectivity index (χ0n) is 13.1. The van der Waals surface area contributed by atoms with Gasteiger partial charge in [-0.25, -0.2) is 4.68 Å². The highest BCUT2D eigenvalue weighted by molar-refractivity contribution is 5.93. The molecule has 0 unspecified atom stereocenters. The van der Waals surface area contributed by atoms with Gasteiger partial charge < -0.3 is 14.7 Å². The third-order valence-electron chi connectivity index (χ3n) is 3.89. The first kappa shape index (κ1) is 14.3. The van der Waals surface area contributed by atoms with E-state index in [1.54, 1.807) is 35.7 Å². The van der Waals surface area contributed by atoms with Crippen molar-refractivity contribution < 1.29 is 9.21 Å². The zero-order valence-corrected chi connectivity index (χ0v) is 13.1. The summed E-state index contributed by atoms with van der Waals surface area (Å²) in [5, 5.41) is 8.23. The molecule has 3 heterocycles. The summed E-state index contributed by atoms with van der Waals surface area (Å²) in [6.07, 6.45) is 6.36. The maximum atomic E-state index is 12.3. The summed E-state index contributed by atoms with van der Waals surface area (Å²) in [6, 6.07) is 9.99. The molecular weight excluding hydrogens is 304 g/mol. The number of hydrogen-bond donors (Lipinski definition) is 2. The highest BCUT2D eigenvalue weighted by atomic mass is 16.3. The van der Waals surface area contributed by atoms with E-state index >= 15 is 0 Å². The molecule has 0 aliphatic rings. The van der Waals surface area contributed by atoms with E-state index in [0.717, 1.165) is 27.8 Å². The predicted octanol–water partition coefficient (Wildman–Crippen LogP) is 3.19. The second kappa shape index (κ2) is 5.73. The average molecular weight is 320 g/mol. The first-order valence-electron chi connectivity index (χ1n) is 7.63. The summed E-state index contributed by atoms with van der Waals surface area (Å²) in [5.74, 6) is -0.157. The number of aromatic amines is 1. The molecule has 1 amide bonds. The number of fused-ring (bicyclic) bond motifs is 1. The molecule has 0 saturated carbocycles. The molecule has 6 heteroatoms. The van der Waals surface area contributed by atoms with Crippen LogP contribution in [0.4, 0.5) is 0 Å². The van der Waals surface area contributed by atoms with Crippen LogP contribution in [0.5, 0.6) is 0 Å². The van der Waals surface area contributed by atoms with Gasteiger partial charge in [-0.1, -0.05) is 6.07 Å². The molecule has 0 radical (unpaired) electrons. The van der Waals surface area contributed by atoms with Gasteiger partial charge in [-0.05, 0) is 36.1 Å². The van der Waals surface area contributed by atoms with E-state index in [4.69, 9.17) is 4.42 Å². The second-order valence-corrected chi connectivity index (χ2v) is 5.71. The van der Waals surface area contributed by atoms with E-state index in [1.165, 1.54) is 0 Å². The van der Waals surface area contributed by atoms with Crippen LogP contribution in [0.2, 0.25) is 0 Å². The Morgan fingerprint density at radius 3 is 3.08 bits per heavy atom. The van der Waals surface area contributed by atoms with Crippen LogP contribution in [-0.4, -0.2) is 20.7 Å². The lowest BCUT2D eigenvalue weighted by Crippen LogP contribution is -2.22. The van der Waals surface area contributed by atoms with E-state index in [0.29, 0.717) is 12.1 Å². The van der Waals surface area contributed by atoms with Gasteiger partial charge in [-0.3, -0.25) is 4.79 Å². The molecule has 1 aromatic carbocycles. The van der Waals surface area contributed by atoms with Crippen molar-refractivity contribution >= 4 is 16.8 Å². The van der Waals surface area contributed by atoms with Gasteiger partial charge in [-0.2, -0.15) is 5.10 Å². The fourth-order valence-corrected chi connectivity index (χ4v) is 2.69. The minimum atomic E-state index is -0.157. The predicted molar refractivity (Wildman–Crippen MR) is 90.0 cm³/mol. The largest absolute Gasteiger partial charge is 0.470 e. The summed E-state index contributed by atoms with van der Waals surface area (Å²) >= 11 is 0. The van der Waals surface area contributed by atoms with Crippen LogP contribution in [0, 0.1) is 6.92 Å². The van der Waals surface area contributed by atoms with Crippen molar-refractivity contribution in [2.75, 3.05) is 0 Å². The molecule has 0 aliphatic heterocycles. The van der Waals surface area contributed by atoms with Crippen LogP contribution < -0.4 is 5.32 Å². The smallest absolute Gasteiger partial charge is 0.254 e. The number of aryl methyl sites for hydroxylation is 1. The molecule has 2 N–H and O–H groups in total. The monoisotopic (exact) mass is 320 g/mol. The number of aromatic nitrogens is 3. The molecule has 0 aliphatic carbocycles. The third kappa shape index (κ3) is 2.69. The van der Waals surface area contributed by atoms with Gasteiger partial charge in [0.25, 0.3) is 5.91 Å². The lowest BCUT2D eigenvalue weighted by molar-refractivity contribution is 0.0951. The molecule has 0 spiro atoms. The molecule has 0 fully saturated rings. The molecule has 4 rings (SSSR count). The summed E-state index contributed by atoms with van der Waals surface area (Å²) in [4.78, 5) is 15.6. The number of H-pyrrole nitrogens is 1. The number of carbonyl (C=O) groups excluding carboxylic acids is 1. The van der Waals surface area contributed by atoms with E-state index in [9.17, 15) is 4.79 Å². The van der Waals surface area contributed by atoms with Crippen molar-refractivity contribution in [2.24, 2.45) is 0 Å². The Kier molecular flexibility index (Phi) is 3.42. The van der Waals surface area contributed by atoms with Crippen molar-refractivity contribution in [1.29, 1.82) is 0 Å². The van der Waals surface area contributed by atoms with Gasteiger partial charge in [0.05, 0.1) is 18.0 Å². The van der Waals surface area contributed by atoms with Crippen LogP contribution in [0.15, 0.2) is 59.7 Å². The van der Waals surface area contributed by atoms with E-state index in [1.807, 2.05) is 19.1 Å².